The molecule has 0 amide bonds. The predicted molar refractivity (Wildman–Crippen MR) is 74.5 cm³/mol. The van der Waals surface area contributed by atoms with Crippen LogP contribution in [-0.4, -0.2) is 7.11 Å². The van der Waals surface area contributed by atoms with Gasteiger partial charge >= 0.3 is 0 Å². The van der Waals surface area contributed by atoms with Gasteiger partial charge in [-0.1, -0.05) is 38.1 Å². The number of rotatable bonds is 2. The molecule has 0 spiro atoms. The van der Waals surface area contributed by atoms with Gasteiger partial charge in [-0.3, -0.25) is 0 Å². The highest BCUT2D eigenvalue weighted by atomic mass is 32.1. The molecule has 2 aromatic rings. The van der Waals surface area contributed by atoms with Gasteiger partial charge in [0.15, 0.2) is 0 Å². The molecule has 0 N–H and O–H groups in total. The van der Waals surface area contributed by atoms with Crippen LogP contribution in [0.5, 0.6) is 5.75 Å². The van der Waals surface area contributed by atoms with Gasteiger partial charge in [-0.2, -0.15) is 12.6 Å². The lowest BCUT2D eigenvalue weighted by Gasteiger charge is -2.03. The summed E-state index contributed by atoms with van der Waals surface area (Å²) in [6, 6.07) is 12.4. The Hall–Kier alpha value is -1.15. The predicted octanol–water partition coefficient (Wildman–Crippen LogP) is 4.30. The number of benzene rings is 2. The van der Waals surface area contributed by atoms with Crippen molar-refractivity contribution in [3.8, 4) is 5.75 Å². The first kappa shape index (κ1) is 12.9. The van der Waals surface area contributed by atoms with E-state index in [4.69, 9.17) is 4.74 Å². The molecule has 2 heteroatoms. The molecule has 0 aliphatic carbocycles. The smallest absolute Gasteiger partial charge is 0.119 e. The molecule has 86 valence electrons. The number of thiol groups is 1. The van der Waals surface area contributed by atoms with Crippen LogP contribution in [0.4, 0.5) is 0 Å². The second-order valence-corrected chi connectivity index (χ2v) is 3.52. The summed E-state index contributed by atoms with van der Waals surface area (Å²) in [5.74, 6) is 1.68. The van der Waals surface area contributed by atoms with Gasteiger partial charge in [0.25, 0.3) is 0 Å². The second kappa shape index (κ2) is 6.44. The molecule has 0 heterocycles. The molecular formula is C14H18OS. The van der Waals surface area contributed by atoms with Crippen LogP contribution < -0.4 is 4.74 Å². The second-order valence-electron chi connectivity index (χ2n) is 3.21. The topological polar surface area (TPSA) is 9.23 Å². The SMILES string of the molecule is CC.COc1ccc2cc(CS)ccc2c1. The molecule has 0 aliphatic rings. The van der Waals surface area contributed by atoms with E-state index in [-0.39, 0.29) is 0 Å². The number of fused-ring (bicyclic) bond motifs is 1. The fraction of sp³-hybridized carbons (Fsp3) is 0.286. The average Bonchev–Trinajstić information content (AvgIpc) is 2.39. The van der Waals surface area contributed by atoms with E-state index in [1.165, 1.54) is 16.3 Å². The van der Waals surface area contributed by atoms with Crippen LogP contribution in [0.3, 0.4) is 0 Å². The minimum atomic E-state index is 0.780. The third-order valence-corrected chi connectivity index (χ3v) is 2.66. The molecule has 0 unspecified atom stereocenters. The number of hydrogen-bond donors (Lipinski definition) is 1. The van der Waals surface area contributed by atoms with E-state index in [9.17, 15) is 0 Å². The third kappa shape index (κ3) is 2.92. The Kier molecular flexibility index (Phi) is 5.20. The fourth-order valence-electron chi connectivity index (χ4n) is 1.50. The maximum Gasteiger partial charge on any atom is 0.119 e. The quantitative estimate of drug-likeness (QED) is 0.762. The molecule has 0 fully saturated rings. The Morgan fingerprint density at radius 3 is 2.25 bits per heavy atom. The van der Waals surface area contributed by atoms with E-state index in [1.54, 1.807) is 7.11 Å². The molecule has 0 saturated heterocycles. The Labute approximate surface area is 103 Å². The Bertz CT molecular complexity index is 408. The first-order valence-electron chi connectivity index (χ1n) is 5.51. The fourth-order valence-corrected chi connectivity index (χ4v) is 1.70. The van der Waals surface area contributed by atoms with Gasteiger partial charge < -0.3 is 4.74 Å². The molecule has 0 saturated carbocycles. The van der Waals surface area contributed by atoms with Crippen molar-refractivity contribution in [3.05, 3.63) is 42.0 Å². The minimum Gasteiger partial charge on any atom is -0.497 e. The molecule has 0 radical (unpaired) electrons. The maximum atomic E-state index is 5.16. The molecule has 1 nitrogen and oxygen atoms in total. The van der Waals surface area contributed by atoms with Crippen LogP contribution in [0.1, 0.15) is 19.4 Å². The summed E-state index contributed by atoms with van der Waals surface area (Å²) in [6.07, 6.45) is 0. The Morgan fingerprint density at radius 2 is 1.62 bits per heavy atom. The highest BCUT2D eigenvalue weighted by Gasteiger charge is 1.97. The van der Waals surface area contributed by atoms with Crippen molar-refractivity contribution < 1.29 is 4.74 Å². The lowest BCUT2D eigenvalue weighted by atomic mass is 10.1. The van der Waals surface area contributed by atoms with E-state index >= 15 is 0 Å². The molecular weight excluding hydrogens is 216 g/mol. The van der Waals surface area contributed by atoms with Gasteiger partial charge in [0, 0.05) is 5.75 Å². The zero-order valence-corrected chi connectivity index (χ0v) is 10.9. The molecule has 2 aromatic carbocycles. The van der Waals surface area contributed by atoms with Gasteiger partial charge in [0.1, 0.15) is 5.75 Å². The number of methoxy groups -OCH3 is 1. The van der Waals surface area contributed by atoms with Gasteiger partial charge in [-0.15, -0.1) is 0 Å². The normalized spacial score (nSPS) is 9.50. The summed E-state index contributed by atoms with van der Waals surface area (Å²) >= 11 is 4.25. The minimum absolute atomic E-state index is 0.780. The summed E-state index contributed by atoms with van der Waals surface area (Å²) in [5.41, 5.74) is 1.24. The Balaban J connectivity index is 0.000000606. The van der Waals surface area contributed by atoms with Crippen molar-refractivity contribution >= 4 is 23.4 Å². The highest BCUT2D eigenvalue weighted by molar-refractivity contribution is 7.79. The number of hydrogen-bond acceptors (Lipinski definition) is 2. The molecule has 0 bridgehead atoms. The summed E-state index contributed by atoms with van der Waals surface area (Å²) < 4.78 is 5.16. The standard InChI is InChI=1S/C12H12OS.C2H6/c1-13-12-5-4-10-6-9(8-14)2-3-11(10)7-12;1-2/h2-7,14H,8H2,1H3;1-2H3. The van der Waals surface area contributed by atoms with Crippen molar-refractivity contribution in [2.45, 2.75) is 19.6 Å². The van der Waals surface area contributed by atoms with E-state index < -0.39 is 0 Å². The monoisotopic (exact) mass is 234 g/mol. The zero-order chi connectivity index (χ0) is 12.0. The van der Waals surface area contributed by atoms with E-state index in [0.717, 1.165) is 11.5 Å². The largest absolute Gasteiger partial charge is 0.497 e. The van der Waals surface area contributed by atoms with Gasteiger partial charge in [-0.25, -0.2) is 0 Å². The van der Waals surface area contributed by atoms with Crippen LogP contribution in [0, 0.1) is 0 Å². The van der Waals surface area contributed by atoms with Crippen LogP contribution in [-0.2, 0) is 5.75 Å². The van der Waals surface area contributed by atoms with Crippen LogP contribution in [0.25, 0.3) is 10.8 Å². The Morgan fingerprint density at radius 1 is 1.00 bits per heavy atom. The summed E-state index contributed by atoms with van der Waals surface area (Å²) in [5, 5.41) is 2.44. The molecule has 0 aliphatic heterocycles. The van der Waals surface area contributed by atoms with Gasteiger partial charge in [-0.05, 0) is 28.5 Å². The molecule has 0 aromatic heterocycles. The van der Waals surface area contributed by atoms with Crippen molar-refractivity contribution in [1.82, 2.24) is 0 Å². The van der Waals surface area contributed by atoms with E-state index in [1.807, 2.05) is 26.0 Å². The first-order chi connectivity index (χ1) is 7.83. The van der Waals surface area contributed by atoms with Crippen molar-refractivity contribution in [2.75, 3.05) is 7.11 Å². The lowest BCUT2D eigenvalue weighted by molar-refractivity contribution is 0.415. The highest BCUT2D eigenvalue weighted by Crippen LogP contribution is 2.22. The van der Waals surface area contributed by atoms with Crippen LogP contribution in [0.2, 0.25) is 0 Å². The van der Waals surface area contributed by atoms with Gasteiger partial charge in [0.2, 0.25) is 0 Å². The maximum absolute atomic E-state index is 5.16. The van der Waals surface area contributed by atoms with Gasteiger partial charge in [0.05, 0.1) is 7.11 Å². The first-order valence-corrected chi connectivity index (χ1v) is 6.14. The van der Waals surface area contributed by atoms with Crippen molar-refractivity contribution in [1.29, 1.82) is 0 Å². The third-order valence-electron chi connectivity index (χ3n) is 2.29. The summed E-state index contributed by atoms with van der Waals surface area (Å²) in [6.45, 7) is 4.00. The van der Waals surface area contributed by atoms with E-state index in [0.29, 0.717) is 0 Å². The van der Waals surface area contributed by atoms with Crippen LogP contribution in [0.15, 0.2) is 36.4 Å². The zero-order valence-electron chi connectivity index (χ0n) is 10.0. The summed E-state index contributed by atoms with van der Waals surface area (Å²) in [4.78, 5) is 0. The van der Waals surface area contributed by atoms with Crippen molar-refractivity contribution in [3.63, 3.8) is 0 Å². The van der Waals surface area contributed by atoms with E-state index in [2.05, 4.69) is 36.9 Å². The number of ether oxygens (including phenoxy) is 1. The molecule has 16 heavy (non-hydrogen) atoms. The average molecular weight is 234 g/mol. The molecule has 2 rings (SSSR count). The summed E-state index contributed by atoms with van der Waals surface area (Å²) in [7, 11) is 1.68. The molecule has 0 atom stereocenters. The van der Waals surface area contributed by atoms with Crippen molar-refractivity contribution in [2.24, 2.45) is 0 Å². The lowest BCUT2D eigenvalue weighted by Crippen LogP contribution is -1.83. The van der Waals surface area contributed by atoms with Crippen LogP contribution >= 0.6 is 12.6 Å².